The zero-order chi connectivity index (χ0) is 16.6. The molecule has 118 valence electrons. The maximum atomic E-state index is 12.2. The quantitative estimate of drug-likeness (QED) is 0.492. The summed E-state index contributed by atoms with van der Waals surface area (Å²) in [6, 6.07) is 3.41. The number of hydrogen-bond donors (Lipinski definition) is 0. The van der Waals surface area contributed by atoms with Gasteiger partial charge < -0.3 is 9.47 Å². The van der Waals surface area contributed by atoms with E-state index in [1.54, 1.807) is 18.2 Å². The summed E-state index contributed by atoms with van der Waals surface area (Å²) < 4.78 is 12.7. The highest BCUT2D eigenvalue weighted by atomic mass is 79.9. The number of nitrogens with zero attached hydrogens (tertiary/aromatic N) is 3. The number of benzene rings is 1. The normalized spacial score (nSPS) is 11.9. The summed E-state index contributed by atoms with van der Waals surface area (Å²) in [5.74, 6) is 0.225. The van der Waals surface area contributed by atoms with E-state index in [1.165, 1.54) is 36.2 Å². The lowest BCUT2D eigenvalue weighted by atomic mass is 10.2. The lowest BCUT2D eigenvalue weighted by molar-refractivity contribution is -0.132. The second-order valence-electron chi connectivity index (χ2n) is 4.50. The highest BCUT2D eigenvalue weighted by Gasteiger charge is 2.13. The molecule has 2 aromatic heterocycles. The Morgan fingerprint density at radius 1 is 1.43 bits per heavy atom. The first-order valence-electron chi connectivity index (χ1n) is 6.40. The Kier molecular flexibility index (Phi) is 4.14. The van der Waals surface area contributed by atoms with E-state index in [4.69, 9.17) is 9.47 Å². The third kappa shape index (κ3) is 2.97. The molecule has 0 atom stereocenters. The van der Waals surface area contributed by atoms with E-state index in [1.807, 2.05) is 0 Å². The number of methoxy groups -OCH3 is 1. The molecule has 0 radical (unpaired) electrons. The molecule has 0 aliphatic carbocycles. The number of carbonyl (C=O) groups excluding carboxylic acids is 1. The van der Waals surface area contributed by atoms with Crippen LogP contribution in [0.15, 0.2) is 27.7 Å². The van der Waals surface area contributed by atoms with Crippen LogP contribution in [0.25, 0.3) is 11.0 Å². The Morgan fingerprint density at radius 3 is 2.87 bits per heavy atom. The van der Waals surface area contributed by atoms with E-state index < -0.39 is 5.97 Å². The SMILES string of the molecule is COc1cc(C=c2sc3ncnn3c2=O)cc(Br)c1OC(C)=O. The minimum absolute atomic E-state index is 0.235. The summed E-state index contributed by atoms with van der Waals surface area (Å²) in [5, 5.41) is 3.87. The molecule has 0 spiro atoms. The van der Waals surface area contributed by atoms with Crippen molar-refractivity contribution in [1.29, 1.82) is 0 Å². The van der Waals surface area contributed by atoms with Gasteiger partial charge in [0.05, 0.1) is 16.1 Å². The first kappa shape index (κ1) is 15.6. The zero-order valence-electron chi connectivity index (χ0n) is 12.1. The second kappa shape index (κ2) is 6.09. The van der Waals surface area contributed by atoms with Crippen LogP contribution in [0.4, 0.5) is 0 Å². The van der Waals surface area contributed by atoms with Crippen LogP contribution in [0.1, 0.15) is 12.5 Å². The largest absolute Gasteiger partial charge is 0.493 e. The van der Waals surface area contributed by atoms with Crippen LogP contribution < -0.4 is 19.6 Å². The van der Waals surface area contributed by atoms with Crippen molar-refractivity contribution in [3.8, 4) is 11.5 Å². The van der Waals surface area contributed by atoms with Crippen LogP contribution in [0.3, 0.4) is 0 Å². The standard InChI is InChI=1S/C14H10BrN3O4S/c1-7(19)22-12-9(15)3-8(4-10(12)21-2)5-11-13(20)18-14(23-11)16-6-17-18/h3-6H,1-2H3. The van der Waals surface area contributed by atoms with Gasteiger partial charge in [0, 0.05) is 6.92 Å². The third-order valence-electron chi connectivity index (χ3n) is 2.92. The van der Waals surface area contributed by atoms with Crippen molar-refractivity contribution in [1.82, 2.24) is 14.6 Å². The van der Waals surface area contributed by atoms with Gasteiger partial charge in [0.1, 0.15) is 6.33 Å². The van der Waals surface area contributed by atoms with E-state index in [0.717, 1.165) is 0 Å². The highest BCUT2D eigenvalue weighted by Crippen LogP contribution is 2.36. The van der Waals surface area contributed by atoms with E-state index in [-0.39, 0.29) is 5.56 Å². The van der Waals surface area contributed by atoms with Gasteiger partial charge in [-0.25, -0.2) is 4.98 Å². The Balaban J connectivity index is 2.13. The number of thiazole rings is 1. The fourth-order valence-corrected chi connectivity index (χ4v) is 3.42. The van der Waals surface area contributed by atoms with Gasteiger partial charge in [-0.1, -0.05) is 11.3 Å². The van der Waals surface area contributed by atoms with E-state index in [9.17, 15) is 9.59 Å². The summed E-state index contributed by atoms with van der Waals surface area (Å²) in [4.78, 5) is 27.9. The van der Waals surface area contributed by atoms with Crippen LogP contribution in [0, 0.1) is 0 Å². The van der Waals surface area contributed by atoms with Gasteiger partial charge in [0.2, 0.25) is 4.96 Å². The second-order valence-corrected chi connectivity index (χ2v) is 6.36. The van der Waals surface area contributed by atoms with Crippen molar-refractivity contribution >= 4 is 44.3 Å². The molecular formula is C14H10BrN3O4S. The molecule has 0 saturated heterocycles. The predicted octanol–water partition coefficient (Wildman–Crippen LogP) is 1.40. The van der Waals surface area contributed by atoms with E-state index >= 15 is 0 Å². The molecule has 0 bridgehead atoms. The van der Waals surface area contributed by atoms with Crippen molar-refractivity contribution in [3.63, 3.8) is 0 Å². The van der Waals surface area contributed by atoms with Gasteiger partial charge in [-0.15, -0.1) is 0 Å². The monoisotopic (exact) mass is 395 g/mol. The van der Waals surface area contributed by atoms with E-state index in [2.05, 4.69) is 26.0 Å². The lowest BCUT2D eigenvalue weighted by Gasteiger charge is -2.10. The molecule has 9 heteroatoms. The molecule has 0 unspecified atom stereocenters. The van der Waals surface area contributed by atoms with Gasteiger partial charge in [-0.3, -0.25) is 9.59 Å². The smallest absolute Gasteiger partial charge is 0.308 e. The molecule has 7 nitrogen and oxygen atoms in total. The van der Waals surface area contributed by atoms with Crippen LogP contribution in [0.2, 0.25) is 0 Å². The van der Waals surface area contributed by atoms with Gasteiger partial charge in [0.25, 0.3) is 5.56 Å². The third-order valence-corrected chi connectivity index (χ3v) is 4.48. The highest BCUT2D eigenvalue weighted by molar-refractivity contribution is 9.10. The van der Waals surface area contributed by atoms with Gasteiger partial charge >= 0.3 is 5.97 Å². The van der Waals surface area contributed by atoms with Crippen molar-refractivity contribution in [3.05, 3.63) is 43.4 Å². The Bertz CT molecular complexity index is 1010. The Morgan fingerprint density at radius 2 is 2.22 bits per heavy atom. The first-order valence-corrected chi connectivity index (χ1v) is 8.00. The molecule has 3 rings (SSSR count). The summed E-state index contributed by atoms with van der Waals surface area (Å²) in [5.41, 5.74) is 0.480. The first-order chi connectivity index (χ1) is 11.0. The number of ether oxygens (including phenoxy) is 2. The zero-order valence-corrected chi connectivity index (χ0v) is 14.5. The number of hydrogen-bond acceptors (Lipinski definition) is 7. The van der Waals surface area contributed by atoms with Crippen LogP contribution in [-0.2, 0) is 4.79 Å². The number of fused-ring (bicyclic) bond motifs is 1. The molecule has 0 amide bonds. The Hall–Kier alpha value is -2.26. The summed E-state index contributed by atoms with van der Waals surface area (Å²) in [6.07, 6.45) is 3.04. The summed E-state index contributed by atoms with van der Waals surface area (Å²) in [6.45, 7) is 1.31. The molecule has 23 heavy (non-hydrogen) atoms. The maximum Gasteiger partial charge on any atom is 0.308 e. The van der Waals surface area contributed by atoms with Gasteiger partial charge in [-0.05, 0) is 39.7 Å². The molecule has 0 N–H and O–H groups in total. The maximum absolute atomic E-state index is 12.2. The van der Waals surface area contributed by atoms with Gasteiger partial charge in [0.15, 0.2) is 11.5 Å². The van der Waals surface area contributed by atoms with Gasteiger partial charge in [-0.2, -0.15) is 9.61 Å². The molecule has 0 saturated carbocycles. The number of halogens is 1. The van der Waals surface area contributed by atoms with Crippen LogP contribution >= 0.6 is 27.3 Å². The van der Waals surface area contributed by atoms with Crippen molar-refractivity contribution < 1.29 is 14.3 Å². The minimum Gasteiger partial charge on any atom is -0.493 e. The summed E-state index contributed by atoms with van der Waals surface area (Å²) >= 11 is 4.58. The number of carbonyl (C=O) groups is 1. The van der Waals surface area contributed by atoms with E-state index in [0.29, 0.717) is 31.0 Å². The number of aromatic nitrogens is 3. The number of rotatable bonds is 3. The molecule has 0 aliphatic rings. The van der Waals surface area contributed by atoms with Crippen LogP contribution in [0.5, 0.6) is 11.5 Å². The molecule has 2 heterocycles. The fraction of sp³-hybridized carbons (Fsp3) is 0.143. The molecule has 0 fully saturated rings. The number of esters is 1. The predicted molar refractivity (Wildman–Crippen MR) is 87.9 cm³/mol. The lowest BCUT2D eigenvalue weighted by Crippen LogP contribution is -2.23. The molecule has 1 aromatic carbocycles. The Labute approximate surface area is 142 Å². The average molecular weight is 396 g/mol. The minimum atomic E-state index is -0.451. The van der Waals surface area contributed by atoms with Crippen LogP contribution in [-0.4, -0.2) is 27.7 Å². The summed E-state index contributed by atoms with van der Waals surface area (Å²) in [7, 11) is 1.47. The average Bonchev–Trinajstić information content (AvgIpc) is 3.05. The van der Waals surface area contributed by atoms with Crippen molar-refractivity contribution in [2.24, 2.45) is 0 Å². The molecular weight excluding hydrogens is 386 g/mol. The fourth-order valence-electron chi connectivity index (χ4n) is 1.99. The molecule has 3 aromatic rings. The topological polar surface area (TPSA) is 82.8 Å². The molecule has 0 aliphatic heterocycles. The van der Waals surface area contributed by atoms with Crippen molar-refractivity contribution in [2.75, 3.05) is 7.11 Å². The van der Waals surface area contributed by atoms with Crippen molar-refractivity contribution in [2.45, 2.75) is 6.92 Å².